The number of para-hydroxylation sites is 1. The molecule has 0 saturated carbocycles. The van der Waals surface area contributed by atoms with Crippen LogP contribution in [0.25, 0.3) is 5.69 Å². The molecule has 140 valence electrons. The van der Waals surface area contributed by atoms with Crippen molar-refractivity contribution in [2.75, 3.05) is 7.11 Å². The maximum absolute atomic E-state index is 5.97. The van der Waals surface area contributed by atoms with E-state index in [2.05, 4.69) is 20.5 Å². The van der Waals surface area contributed by atoms with Crippen LogP contribution in [0.4, 0.5) is 0 Å². The van der Waals surface area contributed by atoms with Crippen molar-refractivity contribution in [2.24, 2.45) is 0 Å². The van der Waals surface area contributed by atoms with Gasteiger partial charge in [-0.15, -0.1) is 5.10 Å². The maximum Gasteiger partial charge on any atom is 0.214 e. The highest BCUT2D eigenvalue weighted by atomic mass is 32.2. The van der Waals surface area contributed by atoms with Crippen LogP contribution in [-0.4, -0.2) is 32.3 Å². The molecule has 0 radical (unpaired) electrons. The van der Waals surface area contributed by atoms with Gasteiger partial charge in [0, 0.05) is 17.5 Å². The van der Waals surface area contributed by atoms with E-state index >= 15 is 0 Å². The molecule has 0 saturated heterocycles. The van der Waals surface area contributed by atoms with Crippen LogP contribution in [0, 0.1) is 0 Å². The van der Waals surface area contributed by atoms with Gasteiger partial charge >= 0.3 is 0 Å². The first-order chi connectivity index (χ1) is 13.8. The molecule has 4 aromatic rings. The molecule has 0 aliphatic heterocycles. The minimum absolute atomic E-state index is 0.660. The molecule has 2 heterocycles. The predicted octanol–water partition coefficient (Wildman–Crippen LogP) is 4.15. The molecule has 2 aromatic heterocycles. The minimum Gasteiger partial charge on any atom is -0.497 e. The third-order valence-corrected chi connectivity index (χ3v) is 4.92. The molecule has 0 spiro atoms. The lowest BCUT2D eigenvalue weighted by molar-refractivity contribution is 0.414. The van der Waals surface area contributed by atoms with Crippen LogP contribution in [0.1, 0.15) is 5.56 Å². The fourth-order valence-corrected chi connectivity index (χ4v) is 3.44. The molecule has 0 aliphatic carbocycles. The number of benzene rings is 2. The van der Waals surface area contributed by atoms with Crippen LogP contribution in [0.3, 0.4) is 0 Å². The van der Waals surface area contributed by atoms with E-state index in [9.17, 15) is 0 Å². The second kappa shape index (κ2) is 8.53. The average Bonchev–Trinajstić information content (AvgIpc) is 3.22. The van der Waals surface area contributed by atoms with E-state index in [0.717, 1.165) is 22.7 Å². The van der Waals surface area contributed by atoms with Gasteiger partial charge in [0.1, 0.15) is 17.2 Å². The number of methoxy groups -OCH3 is 1. The van der Waals surface area contributed by atoms with E-state index in [-0.39, 0.29) is 0 Å². The van der Waals surface area contributed by atoms with E-state index < -0.39 is 0 Å². The van der Waals surface area contributed by atoms with Gasteiger partial charge in [0.25, 0.3) is 0 Å². The summed E-state index contributed by atoms with van der Waals surface area (Å²) in [4.78, 5) is 4.09. The zero-order chi connectivity index (χ0) is 19.2. The van der Waals surface area contributed by atoms with E-state index in [4.69, 9.17) is 9.47 Å². The monoisotopic (exact) mass is 391 g/mol. The lowest BCUT2D eigenvalue weighted by Gasteiger charge is -2.10. The van der Waals surface area contributed by atoms with Gasteiger partial charge in [0.05, 0.1) is 19.0 Å². The fraction of sp³-hybridized carbons (Fsp3) is 0.100. The molecule has 2 aromatic carbocycles. The molecule has 0 amide bonds. The maximum atomic E-state index is 5.97. The summed E-state index contributed by atoms with van der Waals surface area (Å²) < 4.78 is 12.9. The van der Waals surface area contributed by atoms with Gasteiger partial charge in [-0.25, -0.2) is 0 Å². The topological polar surface area (TPSA) is 75.0 Å². The molecule has 0 fully saturated rings. The lowest BCUT2D eigenvalue weighted by atomic mass is 10.2. The molecule has 0 aliphatic rings. The molecular weight excluding hydrogens is 374 g/mol. The first-order valence-electron chi connectivity index (χ1n) is 8.55. The quantitative estimate of drug-likeness (QED) is 0.438. The standard InChI is InChI=1S/C20H17N5O2S/c1-26-17-10-8-16(9-11-17)25-20(22-23-24-25)28-14-15-5-2-3-7-19(15)27-18-6-4-12-21-13-18/h2-13H,14H2,1H3. The van der Waals surface area contributed by atoms with Crippen LogP contribution in [0.2, 0.25) is 0 Å². The van der Waals surface area contributed by atoms with Crippen molar-refractivity contribution in [1.29, 1.82) is 0 Å². The van der Waals surface area contributed by atoms with Gasteiger partial charge in [-0.2, -0.15) is 4.68 Å². The van der Waals surface area contributed by atoms with Crippen molar-refractivity contribution in [2.45, 2.75) is 10.9 Å². The summed E-state index contributed by atoms with van der Waals surface area (Å²) >= 11 is 1.54. The summed E-state index contributed by atoms with van der Waals surface area (Å²) in [6, 6.07) is 19.2. The van der Waals surface area contributed by atoms with Crippen molar-refractivity contribution < 1.29 is 9.47 Å². The first-order valence-corrected chi connectivity index (χ1v) is 9.53. The Morgan fingerprint density at radius 1 is 0.964 bits per heavy atom. The van der Waals surface area contributed by atoms with Crippen molar-refractivity contribution in [3.63, 3.8) is 0 Å². The number of tetrazole rings is 1. The number of aromatic nitrogens is 5. The van der Waals surface area contributed by atoms with Gasteiger partial charge in [-0.1, -0.05) is 30.0 Å². The second-order valence-corrected chi connectivity index (χ2v) is 6.70. The Morgan fingerprint density at radius 3 is 2.61 bits per heavy atom. The Bertz CT molecular complexity index is 1040. The average molecular weight is 391 g/mol. The summed E-state index contributed by atoms with van der Waals surface area (Å²) in [5.74, 6) is 2.93. The van der Waals surface area contributed by atoms with Crippen molar-refractivity contribution in [3.05, 3.63) is 78.6 Å². The van der Waals surface area contributed by atoms with E-state index in [1.54, 1.807) is 24.2 Å². The molecule has 0 atom stereocenters. The molecule has 8 heteroatoms. The minimum atomic E-state index is 0.660. The van der Waals surface area contributed by atoms with Gasteiger partial charge < -0.3 is 9.47 Å². The first kappa shape index (κ1) is 18.0. The number of ether oxygens (including phenoxy) is 2. The molecule has 28 heavy (non-hydrogen) atoms. The number of nitrogens with zero attached hydrogens (tertiary/aromatic N) is 5. The highest BCUT2D eigenvalue weighted by Gasteiger charge is 2.12. The van der Waals surface area contributed by atoms with Crippen molar-refractivity contribution in [3.8, 4) is 22.9 Å². The summed E-state index contributed by atoms with van der Waals surface area (Å²) in [5.41, 5.74) is 1.91. The summed E-state index contributed by atoms with van der Waals surface area (Å²) in [6.07, 6.45) is 3.40. The van der Waals surface area contributed by atoms with Gasteiger partial charge in [0.15, 0.2) is 0 Å². The van der Waals surface area contributed by atoms with Gasteiger partial charge in [-0.3, -0.25) is 4.98 Å². The number of rotatable bonds is 7. The zero-order valence-corrected chi connectivity index (χ0v) is 15.9. The highest BCUT2D eigenvalue weighted by molar-refractivity contribution is 7.98. The van der Waals surface area contributed by atoms with Crippen LogP contribution in [0.15, 0.2) is 78.2 Å². The Morgan fingerprint density at radius 2 is 1.82 bits per heavy atom. The lowest BCUT2D eigenvalue weighted by Crippen LogP contribution is -1.99. The number of hydrogen-bond donors (Lipinski definition) is 0. The normalized spacial score (nSPS) is 10.6. The highest BCUT2D eigenvalue weighted by Crippen LogP contribution is 2.30. The van der Waals surface area contributed by atoms with Crippen LogP contribution < -0.4 is 9.47 Å². The summed E-state index contributed by atoms with van der Waals surface area (Å²) in [5, 5.41) is 12.8. The van der Waals surface area contributed by atoms with E-state index in [0.29, 0.717) is 16.7 Å². The van der Waals surface area contributed by atoms with Crippen molar-refractivity contribution in [1.82, 2.24) is 25.2 Å². The number of hydrogen-bond acceptors (Lipinski definition) is 7. The van der Waals surface area contributed by atoms with Crippen molar-refractivity contribution >= 4 is 11.8 Å². The Hall–Kier alpha value is -3.39. The fourth-order valence-electron chi connectivity index (χ4n) is 2.55. The Labute approximate surface area is 166 Å². The molecular formula is C20H17N5O2S. The van der Waals surface area contributed by atoms with Gasteiger partial charge in [0.2, 0.25) is 5.16 Å². The Kier molecular flexibility index (Phi) is 5.48. The largest absolute Gasteiger partial charge is 0.497 e. The molecule has 4 rings (SSSR count). The molecule has 0 N–H and O–H groups in total. The zero-order valence-electron chi connectivity index (χ0n) is 15.1. The van der Waals surface area contributed by atoms with E-state index in [1.807, 2.05) is 60.7 Å². The van der Waals surface area contributed by atoms with Gasteiger partial charge in [-0.05, 0) is 52.9 Å². The molecule has 0 unspecified atom stereocenters. The third kappa shape index (κ3) is 4.12. The summed E-state index contributed by atoms with van der Waals surface area (Å²) in [7, 11) is 1.64. The smallest absolute Gasteiger partial charge is 0.214 e. The molecule has 0 bridgehead atoms. The predicted molar refractivity (Wildman–Crippen MR) is 106 cm³/mol. The van der Waals surface area contributed by atoms with Crippen LogP contribution >= 0.6 is 11.8 Å². The summed E-state index contributed by atoms with van der Waals surface area (Å²) in [6.45, 7) is 0. The second-order valence-electron chi connectivity index (χ2n) is 5.76. The van der Waals surface area contributed by atoms with Crippen LogP contribution in [0.5, 0.6) is 17.2 Å². The number of pyridine rings is 1. The number of thioether (sulfide) groups is 1. The molecule has 7 nitrogen and oxygen atoms in total. The third-order valence-electron chi connectivity index (χ3n) is 3.95. The Balaban J connectivity index is 1.51. The SMILES string of the molecule is COc1ccc(-n2nnnc2SCc2ccccc2Oc2cccnc2)cc1. The van der Waals surface area contributed by atoms with E-state index in [1.165, 1.54) is 11.8 Å². The van der Waals surface area contributed by atoms with Crippen LogP contribution in [-0.2, 0) is 5.75 Å².